The van der Waals surface area contributed by atoms with Crippen LogP contribution in [-0.4, -0.2) is 41.8 Å². The van der Waals surface area contributed by atoms with Crippen LogP contribution < -0.4 is 15.0 Å². The first-order valence-electron chi connectivity index (χ1n) is 10.4. The Hall–Kier alpha value is -3.53. The zero-order valence-electron chi connectivity index (χ0n) is 17.9. The summed E-state index contributed by atoms with van der Waals surface area (Å²) in [6, 6.07) is 9.76. The van der Waals surface area contributed by atoms with Crippen molar-refractivity contribution in [3.8, 4) is 5.75 Å². The predicted octanol–water partition coefficient (Wildman–Crippen LogP) is 4.11. The number of halogens is 3. The van der Waals surface area contributed by atoms with Gasteiger partial charge in [0.15, 0.2) is 0 Å². The van der Waals surface area contributed by atoms with Crippen LogP contribution in [0.4, 0.5) is 24.5 Å². The quantitative estimate of drug-likeness (QED) is 0.600. The molecule has 10 heteroatoms. The molecule has 0 bridgehead atoms. The van der Waals surface area contributed by atoms with Crippen LogP contribution in [-0.2, 0) is 24.6 Å². The molecule has 0 spiro atoms. The van der Waals surface area contributed by atoms with Gasteiger partial charge in [0, 0.05) is 38.1 Å². The van der Waals surface area contributed by atoms with Crippen LogP contribution in [0.15, 0.2) is 54.9 Å². The molecule has 0 atom stereocenters. The second-order valence-corrected chi connectivity index (χ2v) is 7.55. The molecule has 0 radical (unpaired) electrons. The maximum absolute atomic E-state index is 13.3. The molecule has 0 saturated carbocycles. The van der Waals surface area contributed by atoms with Crippen molar-refractivity contribution in [3.63, 3.8) is 0 Å². The van der Waals surface area contributed by atoms with Crippen molar-refractivity contribution in [1.29, 1.82) is 0 Å². The summed E-state index contributed by atoms with van der Waals surface area (Å²) >= 11 is 0. The molecule has 1 N–H and O–H groups in total. The Kier molecular flexibility index (Phi) is 6.55. The number of rotatable bonds is 6. The van der Waals surface area contributed by atoms with Gasteiger partial charge >= 0.3 is 6.18 Å². The summed E-state index contributed by atoms with van der Waals surface area (Å²) in [5.74, 6) is 0.777. The van der Waals surface area contributed by atoms with Gasteiger partial charge < -0.3 is 24.3 Å². The van der Waals surface area contributed by atoms with Crippen LogP contribution in [0.25, 0.3) is 0 Å². The number of aromatic nitrogens is 2. The van der Waals surface area contributed by atoms with Crippen LogP contribution in [0.2, 0.25) is 0 Å². The fourth-order valence-corrected chi connectivity index (χ4v) is 3.47. The second kappa shape index (κ2) is 9.53. The Morgan fingerprint density at radius 3 is 2.52 bits per heavy atom. The molecular formula is C23H23F3N4O3. The van der Waals surface area contributed by atoms with Crippen molar-refractivity contribution in [2.45, 2.75) is 12.8 Å². The number of nitrogens with one attached hydrogen (secondary N) is 1. The molecule has 1 aliphatic heterocycles. The molecule has 3 aromatic rings. The number of ether oxygens (including phenoxy) is 2. The van der Waals surface area contributed by atoms with Gasteiger partial charge in [-0.2, -0.15) is 13.2 Å². The summed E-state index contributed by atoms with van der Waals surface area (Å²) in [6.07, 6.45) is -1.04. The number of imidazole rings is 1. The molecule has 0 aliphatic carbocycles. The molecule has 0 unspecified atom stereocenters. The number of hydrogen-bond donors (Lipinski definition) is 1. The predicted molar refractivity (Wildman–Crippen MR) is 116 cm³/mol. The van der Waals surface area contributed by atoms with Crippen LogP contribution in [0.3, 0.4) is 0 Å². The Morgan fingerprint density at radius 2 is 1.88 bits per heavy atom. The minimum absolute atomic E-state index is 0.104. The van der Waals surface area contributed by atoms with E-state index in [1.165, 1.54) is 6.07 Å². The highest BCUT2D eigenvalue weighted by molar-refractivity contribution is 6.06. The van der Waals surface area contributed by atoms with Gasteiger partial charge in [-0.25, -0.2) is 4.98 Å². The summed E-state index contributed by atoms with van der Waals surface area (Å²) in [4.78, 5) is 18.9. The molecule has 1 saturated heterocycles. The molecule has 2 aromatic carbocycles. The van der Waals surface area contributed by atoms with E-state index in [1.54, 1.807) is 30.5 Å². The lowest BCUT2D eigenvalue weighted by Gasteiger charge is -2.31. The first-order chi connectivity index (χ1) is 15.8. The van der Waals surface area contributed by atoms with Crippen molar-refractivity contribution >= 4 is 17.3 Å². The maximum atomic E-state index is 13.3. The van der Waals surface area contributed by atoms with Gasteiger partial charge in [0.2, 0.25) is 0 Å². The highest BCUT2D eigenvalue weighted by atomic mass is 19.4. The third-order valence-electron chi connectivity index (χ3n) is 5.33. The summed E-state index contributed by atoms with van der Waals surface area (Å²) < 4.78 is 52.7. The minimum Gasteiger partial charge on any atom is -0.486 e. The number of hydrogen-bond acceptors (Lipinski definition) is 5. The molecule has 33 heavy (non-hydrogen) atoms. The second-order valence-electron chi connectivity index (χ2n) is 7.55. The van der Waals surface area contributed by atoms with E-state index < -0.39 is 17.6 Å². The zero-order chi connectivity index (χ0) is 23.4. The van der Waals surface area contributed by atoms with E-state index >= 15 is 0 Å². The maximum Gasteiger partial charge on any atom is 0.416 e. The van der Waals surface area contributed by atoms with Crippen molar-refractivity contribution in [2.75, 3.05) is 36.5 Å². The van der Waals surface area contributed by atoms with Crippen LogP contribution in [0, 0.1) is 0 Å². The summed E-state index contributed by atoms with van der Waals surface area (Å²) in [6.45, 7) is 2.25. The van der Waals surface area contributed by atoms with Gasteiger partial charge in [-0.3, -0.25) is 4.79 Å². The number of morpholine rings is 1. The van der Waals surface area contributed by atoms with E-state index in [0.29, 0.717) is 43.3 Å². The number of aryl methyl sites for hydroxylation is 1. The molecule has 1 aromatic heterocycles. The fraction of sp³-hybridized carbons (Fsp3) is 0.304. The summed E-state index contributed by atoms with van der Waals surface area (Å²) in [7, 11) is 1.86. The number of carbonyl (C=O) groups is 1. The average molecular weight is 460 g/mol. The molecular weight excluding hydrogens is 437 g/mol. The van der Waals surface area contributed by atoms with Crippen molar-refractivity contribution in [2.24, 2.45) is 7.05 Å². The number of carbonyl (C=O) groups excluding carboxylic acids is 1. The van der Waals surface area contributed by atoms with Crippen LogP contribution >= 0.6 is 0 Å². The standard InChI is InChI=1S/C23H23F3N4O3/c1-29-9-8-27-21(29)15-33-18-5-2-16(3-6-18)22(31)28-19-14-17(23(24,25)26)4-7-20(19)30-10-12-32-13-11-30/h2-9,14H,10-13,15H2,1H3,(H,28,31). The normalized spacial score (nSPS) is 14.2. The Bertz CT molecular complexity index is 1110. The third-order valence-corrected chi connectivity index (χ3v) is 5.33. The van der Waals surface area contributed by atoms with E-state index in [2.05, 4.69) is 10.3 Å². The SMILES string of the molecule is Cn1ccnc1COc1ccc(C(=O)Nc2cc(C(F)(F)F)ccc2N2CCOCC2)cc1. The van der Waals surface area contributed by atoms with E-state index in [0.717, 1.165) is 18.0 Å². The molecule has 1 aliphatic rings. The van der Waals surface area contributed by atoms with Gasteiger partial charge in [0.1, 0.15) is 18.2 Å². The Labute approximate surface area is 188 Å². The Morgan fingerprint density at radius 1 is 1.15 bits per heavy atom. The van der Waals surface area contributed by atoms with E-state index in [4.69, 9.17) is 9.47 Å². The third kappa shape index (κ3) is 5.46. The first kappa shape index (κ1) is 22.7. The van der Waals surface area contributed by atoms with Crippen molar-refractivity contribution in [3.05, 3.63) is 71.8 Å². The lowest BCUT2D eigenvalue weighted by atomic mass is 10.1. The van der Waals surface area contributed by atoms with E-state index in [-0.39, 0.29) is 12.3 Å². The van der Waals surface area contributed by atoms with Gasteiger partial charge in [0.25, 0.3) is 5.91 Å². The number of anilines is 2. The molecule has 2 heterocycles. The van der Waals surface area contributed by atoms with Gasteiger partial charge in [-0.05, 0) is 42.5 Å². The first-order valence-corrected chi connectivity index (χ1v) is 10.4. The molecule has 4 rings (SSSR count). The van der Waals surface area contributed by atoms with Crippen molar-refractivity contribution < 1.29 is 27.4 Å². The van der Waals surface area contributed by atoms with Crippen molar-refractivity contribution in [1.82, 2.24) is 9.55 Å². The molecule has 7 nitrogen and oxygen atoms in total. The van der Waals surface area contributed by atoms with Crippen LogP contribution in [0.5, 0.6) is 5.75 Å². The van der Waals surface area contributed by atoms with Gasteiger partial charge in [0.05, 0.1) is 30.2 Å². The zero-order valence-corrected chi connectivity index (χ0v) is 17.9. The molecule has 174 valence electrons. The van der Waals surface area contributed by atoms with E-state index in [1.807, 2.05) is 22.7 Å². The number of benzene rings is 2. The topological polar surface area (TPSA) is 68.6 Å². The monoisotopic (exact) mass is 460 g/mol. The van der Waals surface area contributed by atoms with Crippen LogP contribution in [0.1, 0.15) is 21.7 Å². The largest absolute Gasteiger partial charge is 0.486 e. The summed E-state index contributed by atoms with van der Waals surface area (Å²) in [5.41, 5.74) is 0.0963. The number of nitrogens with zero attached hydrogens (tertiary/aromatic N) is 3. The summed E-state index contributed by atoms with van der Waals surface area (Å²) in [5, 5.41) is 2.64. The highest BCUT2D eigenvalue weighted by Gasteiger charge is 2.32. The van der Waals surface area contributed by atoms with Gasteiger partial charge in [-0.1, -0.05) is 0 Å². The molecule has 1 fully saturated rings. The number of alkyl halides is 3. The van der Waals surface area contributed by atoms with E-state index in [9.17, 15) is 18.0 Å². The number of amides is 1. The fourth-order valence-electron chi connectivity index (χ4n) is 3.47. The minimum atomic E-state index is -4.52. The smallest absolute Gasteiger partial charge is 0.416 e. The Balaban J connectivity index is 1.50. The average Bonchev–Trinajstić information content (AvgIpc) is 3.22. The molecule has 1 amide bonds. The lowest BCUT2D eigenvalue weighted by Crippen LogP contribution is -2.36. The lowest BCUT2D eigenvalue weighted by molar-refractivity contribution is -0.137. The van der Waals surface area contributed by atoms with Gasteiger partial charge in [-0.15, -0.1) is 0 Å². The highest BCUT2D eigenvalue weighted by Crippen LogP contribution is 2.36.